The Morgan fingerprint density at radius 2 is 1.90 bits per heavy atom. The van der Waals surface area contributed by atoms with Crippen LogP contribution in [0.3, 0.4) is 0 Å². The number of halogens is 1. The van der Waals surface area contributed by atoms with E-state index in [4.69, 9.17) is 5.73 Å². The normalized spacial score (nSPS) is 10.9. The Morgan fingerprint density at radius 3 is 2.60 bits per heavy atom. The van der Waals surface area contributed by atoms with Gasteiger partial charge in [0.05, 0.1) is 23.5 Å². The molecule has 30 heavy (non-hydrogen) atoms. The van der Waals surface area contributed by atoms with Crippen LogP contribution in [0.5, 0.6) is 0 Å². The van der Waals surface area contributed by atoms with Crippen molar-refractivity contribution >= 4 is 28.1 Å². The lowest BCUT2D eigenvalue weighted by Gasteiger charge is -2.11. The van der Waals surface area contributed by atoms with Crippen LogP contribution in [-0.2, 0) is 6.54 Å². The number of rotatable bonds is 6. The molecule has 0 spiro atoms. The number of carbonyl (C=O) groups is 1. The second-order valence-electron chi connectivity index (χ2n) is 7.10. The maximum Gasteiger partial charge on any atom is 0.250 e. The van der Waals surface area contributed by atoms with Gasteiger partial charge in [-0.15, -0.1) is 11.3 Å². The highest BCUT2D eigenvalue weighted by atomic mass is 32.1. The molecule has 3 N–H and O–H groups in total. The van der Waals surface area contributed by atoms with E-state index in [1.807, 2.05) is 48.1 Å². The summed E-state index contributed by atoms with van der Waals surface area (Å²) in [6, 6.07) is 16.4. The number of hydrogen-bond donors (Lipinski definition) is 2. The van der Waals surface area contributed by atoms with Crippen molar-refractivity contribution < 1.29 is 9.18 Å². The highest BCUT2D eigenvalue weighted by Gasteiger charge is 2.19. The van der Waals surface area contributed by atoms with Gasteiger partial charge >= 0.3 is 0 Å². The van der Waals surface area contributed by atoms with Crippen LogP contribution in [0.4, 0.5) is 15.2 Å². The van der Waals surface area contributed by atoms with Crippen molar-refractivity contribution in [1.82, 2.24) is 9.55 Å². The first-order chi connectivity index (χ1) is 14.4. The van der Waals surface area contributed by atoms with Crippen molar-refractivity contribution in [1.29, 1.82) is 0 Å². The Hall–Kier alpha value is -3.45. The van der Waals surface area contributed by atoms with Gasteiger partial charge in [-0.25, -0.2) is 9.37 Å². The van der Waals surface area contributed by atoms with Crippen LogP contribution in [0.15, 0.2) is 60.0 Å². The smallest absolute Gasteiger partial charge is 0.250 e. The first-order valence-electron chi connectivity index (χ1n) is 9.45. The minimum Gasteiger partial charge on any atom is -0.366 e. The fourth-order valence-electron chi connectivity index (χ4n) is 3.32. The van der Waals surface area contributed by atoms with Gasteiger partial charge in [0.2, 0.25) is 0 Å². The molecular weight excluding hydrogens is 399 g/mol. The maximum absolute atomic E-state index is 14.3. The maximum atomic E-state index is 14.3. The Bertz CT molecular complexity index is 1210. The molecule has 0 aliphatic heterocycles. The van der Waals surface area contributed by atoms with Crippen LogP contribution in [-0.4, -0.2) is 15.5 Å². The number of carbonyl (C=O) groups excluding carboxylic acids is 1. The van der Waals surface area contributed by atoms with E-state index in [-0.39, 0.29) is 12.4 Å². The summed E-state index contributed by atoms with van der Waals surface area (Å²) in [5.41, 5.74) is 10.7. The number of nitrogens with zero attached hydrogens (tertiary/aromatic N) is 2. The zero-order valence-electron chi connectivity index (χ0n) is 16.6. The van der Waals surface area contributed by atoms with Gasteiger partial charge in [-0.3, -0.25) is 4.79 Å². The van der Waals surface area contributed by atoms with Crippen molar-refractivity contribution in [2.45, 2.75) is 20.4 Å². The number of nitrogens with two attached hydrogens (primary N) is 1. The highest BCUT2D eigenvalue weighted by molar-refractivity contribution is 7.14. The third-order valence-corrected chi connectivity index (χ3v) is 5.75. The lowest BCUT2D eigenvalue weighted by molar-refractivity contribution is 0.0999. The molecule has 0 saturated carbocycles. The molecule has 0 aliphatic carbocycles. The average molecular weight is 421 g/mol. The third-order valence-electron chi connectivity index (χ3n) is 4.99. The number of anilines is 2. The van der Waals surface area contributed by atoms with Gasteiger partial charge in [-0.05, 0) is 38.1 Å². The molecule has 0 saturated heterocycles. The van der Waals surface area contributed by atoms with Crippen LogP contribution < -0.4 is 11.1 Å². The molecule has 2 aromatic carbocycles. The van der Waals surface area contributed by atoms with Crippen molar-refractivity contribution in [3.8, 4) is 11.4 Å². The van der Waals surface area contributed by atoms with Crippen molar-refractivity contribution in [2.24, 2.45) is 5.73 Å². The Labute approximate surface area is 178 Å². The predicted molar refractivity (Wildman–Crippen MR) is 119 cm³/mol. The molecule has 5 nitrogen and oxygen atoms in total. The fraction of sp³-hybridized carbons (Fsp3) is 0.130. The van der Waals surface area contributed by atoms with Gasteiger partial charge in [0.25, 0.3) is 5.91 Å². The molecule has 4 aromatic rings. The molecular formula is C23H21FN4OS. The van der Waals surface area contributed by atoms with E-state index in [1.165, 1.54) is 23.0 Å². The standard InChI is InChI=1S/C23H21FN4OS/c1-14-7-9-17(10-8-14)26-23-27-20(13-30-23)21-11-18(22(25)29)15(2)28(21)12-16-5-3-4-6-19(16)24/h3-11,13H,12H2,1-2H3,(H2,25,29)(H,26,27). The number of thiazole rings is 1. The Morgan fingerprint density at radius 1 is 1.17 bits per heavy atom. The largest absolute Gasteiger partial charge is 0.366 e. The summed E-state index contributed by atoms with van der Waals surface area (Å²) in [6.07, 6.45) is 0. The topological polar surface area (TPSA) is 72.9 Å². The second kappa shape index (κ2) is 8.12. The van der Waals surface area contributed by atoms with Gasteiger partial charge in [-0.2, -0.15) is 0 Å². The van der Waals surface area contributed by atoms with Crippen LogP contribution in [0.2, 0.25) is 0 Å². The van der Waals surface area contributed by atoms with Crippen LogP contribution >= 0.6 is 11.3 Å². The number of hydrogen-bond acceptors (Lipinski definition) is 4. The van der Waals surface area contributed by atoms with Crippen LogP contribution in [0.1, 0.15) is 27.2 Å². The van der Waals surface area contributed by atoms with Crippen molar-refractivity contribution in [3.63, 3.8) is 0 Å². The monoisotopic (exact) mass is 420 g/mol. The molecule has 0 unspecified atom stereocenters. The summed E-state index contributed by atoms with van der Waals surface area (Å²) in [6.45, 7) is 4.12. The van der Waals surface area contributed by atoms with Crippen molar-refractivity contribution in [3.05, 3.63) is 88.2 Å². The van der Waals surface area contributed by atoms with E-state index in [0.717, 1.165) is 16.5 Å². The minimum atomic E-state index is -0.519. The molecule has 2 heterocycles. The SMILES string of the molecule is Cc1ccc(Nc2nc(-c3cc(C(N)=O)c(C)n3Cc3ccccc3F)cs2)cc1. The van der Waals surface area contributed by atoms with E-state index in [1.54, 1.807) is 24.3 Å². The third kappa shape index (κ3) is 3.97. The minimum absolute atomic E-state index is 0.277. The lowest BCUT2D eigenvalue weighted by atomic mass is 10.2. The molecule has 0 bridgehead atoms. The lowest BCUT2D eigenvalue weighted by Crippen LogP contribution is -2.13. The second-order valence-corrected chi connectivity index (χ2v) is 7.96. The first kappa shape index (κ1) is 19.8. The van der Waals surface area contributed by atoms with E-state index in [9.17, 15) is 9.18 Å². The zero-order valence-corrected chi connectivity index (χ0v) is 17.5. The zero-order chi connectivity index (χ0) is 21.3. The summed E-state index contributed by atoms with van der Waals surface area (Å²) in [5.74, 6) is -0.813. The Balaban J connectivity index is 1.70. The van der Waals surface area contributed by atoms with E-state index < -0.39 is 5.91 Å². The molecule has 0 atom stereocenters. The molecule has 0 fully saturated rings. The van der Waals surface area contributed by atoms with Crippen LogP contribution in [0.25, 0.3) is 11.4 Å². The fourth-order valence-corrected chi connectivity index (χ4v) is 4.04. The van der Waals surface area contributed by atoms with Gasteiger partial charge < -0.3 is 15.6 Å². The number of aryl methyl sites for hydroxylation is 1. The molecule has 0 radical (unpaired) electrons. The molecule has 7 heteroatoms. The first-order valence-corrected chi connectivity index (χ1v) is 10.3. The van der Waals surface area contributed by atoms with Crippen molar-refractivity contribution in [2.75, 3.05) is 5.32 Å². The summed E-state index contributed by atoms with van der Waals surface area (Å²) < 4.78 is 16.1. The number of aromatic nitrogens is 2. The van der Waals surface area contributed by atoms with Gasteiger partial charge in [0.15, 0.2) is 5.13 Å². The molecule has 1 amide bonds. The molecule has 2 aromatic heterocycles. The molecule has 0 aliphatic rings. The van der Waals surface area contributed by atoms with Gasteiger partial charge in [-0.1, -0.05) is 35.9 Å². The van der Waals surface area contributed by atoms with Crippen LogP contribution in [0, 0.1) is 19.7 Å². The summed E-state index contributed by atoms with van der Waals surface area (Å²) in [4.78, 5) is 16.6. The number of nitrogens with one attached hydrogen (secondary N) is 1. The van der Waals surface area contributed by atoms with Gasteiger partial charge in [0.1, 0.15) is 5.82 Å². The molecule has 152 valence electrons. The average Bonchev–Trinajstić information content (AvgIpc) is 3.30. The number of primary amides is 1. The summed E-state index contributed by atoms with van der Waals surface area (Å²) in [7, 11) is 0. The van der Waals surface area contributed by atoms with E-state index in [2.05, 4.69) is 10.3 Å². The number of benzene rings is 2. The highest BCUT2D eigenvalue weighted by Crippen LogP contribution is 2.31. The van der Waals surface area contributed by atoms with E-state index >= 15 is 0 Å². The summed E-state index contributed by atoms with van der Waals surface area (Å²) in [5, 5.41) is 5.93. The number of amides is 1. The predicted octanol–water partition coefficient (Wildman–Crippen LogP) is 5.26. The molecule has 4 rings (SSSR count). The summed E-state index contributed by atoms with van der Waals surface area (Å²) >= 11 is 1.46. The quantitative estimate of drug-likeness (QED) is 0.447. The van der Waals surface area contributed by atoms with E-state index in [0.29, 0.717) is 22.5 Å². The Kier molecular flexibility index (Phi) is 5.37. The van der Waals surface area contributed by atoms with Gasteiger partial charge in [0, 0.05) is 22.3 Å².